The molecule has 0 bridgehead atoms. The van der Waals surface area contributed by atoms with Gasteiger partial charge in [0.1, 0.15) is 0 Å². The number of nitrogens with one attached hydrogen (secondary N) is 1. The van der Waals surface area contributed by atoms with Crippen LogP contribution in [0.2, 0.25) is 0 Å². The number of esters is 2. The molecule has 1 aliphatic carbocycles. The van der Waals surface area contributed by atoms with E-state index in [-0.39, 0.29) is 11.6 Å². The standard InChI is InChI=1S/C15H20N4O4/c1-9(2)10-8-11(17-16-10)18-19-12-13(20)22-15(23-14(12)21)6-4-3-5-7-15/h9H,3-8H2,1-2H3,(H,17,18). The summed E-state index contributed by atoms with van der Waals surface area (Å²) in [5, 5.41) is 11.8. The molecule has 1 saturated carbocycles. The summed E-state index contributed by atoms with van der Waals surface area (Å²) < 4.78 is 10.7. The van der Waals surface area contributed by atoms with Crippen molar-refractivity contribution in [2.24, 2.45) is 21.2 Å². The molecule has 2 fully saturated rings. The molecule has 1 spiro atoms. The van der Waals surface area contributed by atoms with Gasteiger partial charge in [-0.1, -0.05) is 20.3 Å². The number of ether oxygens (including phenoxy) is 2. The summed E-state index contributed by atoms with van der Waals surface area (Å²) in [4.78, 5) is 24.2. The van der Waals surface area contributed by atoms with E-state index in [1.165, 1.54) is 0 Å². The molecule has 0 radical (unpaired) electrons. The maximum absolute atomic E-state index is 12.1. The lowest BCUT2D eigenvalue weighted by atomic mass is 9.93. The fraction of sp³-hybridized carbons (Fsp3) is 0.667. The first-order valence-electron chi connectivity index (χ1n) is 7.93. The van der Waals surface area contributed by atoms with Crippen molar-refractivity contribution < 1.29 is 19.1 Å². The molecule has 23 heavy (non-hydrogen) atoms. The normalized spacial score (nSPS) is 23.3. The van der Waals surface area contributed by atoms with Crippen LogP contribution in [0.15, 0.2) is 15.3 Å². The first kappa shape index (κ1) is 15.6. The number of rotatable bonds is 2. The van der Waals surface area contributed by atoms with Gasteiger partial charge in [0.05, 0.1) is 5.71 Å². The maximum Gasteiger partial charge on any atom is 0.369 e. The van der Waals surface area contributed by atoms with Gasteiger partial charge in [-0.25, -0.2) is 9.59 Å². The molecular weight excluding hydrogens is 300 g/mol. The number of carbonyl (C=O) groups excluding carboxylic acids is 2. The molecule has 3 aliphatic rings. The Morgan fingerprint density at radius 2 is 1.74 bits per heavy atom. The van der Waals surface area contributed by atoms with Gasteiger partial charge in [-0.15, -0.1) is 5.10 Å². The molecule has 0 unspecified atom stereocenters. The molecule has 2 heterocycles. The number of hydrogen-bond donors (Lipinski definition) is 1. The van der Waals surface area contributed by atoms with Crippen LogP contribution in [0.4, 0.5) is 0 Å². The Morgan fingerprint density at radius 1 is 1.09 bits per heavy atom. The van der Waals surface area contributed by atoms with E-state index >= 15 is 0 Å². The Kier molecular flexibility index (Phi) is 4.14. The smallest absolute Gasteiger partial charge is 0.369 e. The molecule has 2 aliphatic heterocycles. The minimum absolute atomic E-state index is 0.279. The van der Waals surface area contributed by atoms with Crippen LogP contribution in [0.25, 0.3) is 0 Å². The SMILES string of the molecule is CC(C)C1=NN=C(NN=C2C(=O)OC3(CCCCC3)OC2=O)C1. The molecule has 124 valence electrons. The quantitative estimate of drug-likeness (QED) is 0.614. The van der Waals surface area contributed by atoms with E-state index in [0.29, 0.717) is 25.1 Å². The molecule has 3 rings (SSSR count). The summed E-state index contributed by atoms with van der Waals surface area (Å²) in [6, 6.07) is 0. The van der Waals surface area contributed by atoms with Crippen LogP contribution in [0.3, 0.4) is 0 Å². The van der Waals surface area contributed by atoms with Gasteiger partial charge in [-0.05, 0) is 18.8 Å². The van der Waals surface area contributed by atoms with Gasteiger partial charge < -0.3 is 9.47 Å². The third-order valence-corrected chi connectivity index (χ3v) is 4.17. The third-order valence-electron chi connectivity index (χ3n) is 4.17. The fourth-order valence-electron chi connectivity index (χ4n) is 2.79. The summed E-state index contributed by atoms with van der Waals surface area (Å²) in [6.45, 7) is 4.03. The highest BCUT2D eigenvalue weighted by Crippen LogP contribution is 2.35. The van der Waals surface area contributed by atoms with Gasteiger partial charge >= 0.3 is 11.9 Å². The summed E-state index contributed by atoms with van der Waals surface area (Å²) in [7, 11) is 0. The Bertz CT molecular complexity index is 593. The van der Waals surface area contributed by atoms with E-state index in [1.807, 2.05) is 13.8 Å². The Balaban J connectivity index is 1.63. The fourth-order valence-corrected chi connectivity index (χ4v) is 2.79. The van der Waals surface area contributed by atoms with Gasteiger partial charge in [0.2, 0.25) is 0 Å². The molecule has 0 aromatic heterocycles. The summed E-state index contributed by atoms with van der Waals surface area (Å²) in [5.41, 5.74) is 3.14. The number of carbonyl (C=O) groups is 2. The highest BCUT2D eigenvalue weighted by atomic mass is 16.7. The van der Waals surface area contributed by atoms with E-state index in [2.05, 4.69) is 20.7 Å². The Labute approximate surface area is 134 Å². The zero-order valence-corrected chi connectivity index (χ0v) is 13.3. The first-order valence-corrected chi connectivity index (χ1v) is 7.93. The van der Waals surface area contributed by atoms with Crippen LogP contribution >= 0.6 is 0 Å². The van der Waals surface area contributed by atoms with Gasteiger partial charge in [0.25, 0.3) is 11.5 Å². The molecule has 8 nitrogen and oxygen atoms in total. The maximum atomic E-state index is 12.1. The van der Waals surface area contributed by atoms with Gasteiger partial charge in [0.15, 0.2) is 5.84 Å². The zero-order chi connectivity index (χ0) is 16.4. The summed E-state index contributed by atoms with van der Waals surface area (Å²) in [6.07, 6.45) is 4.40. The van der Waals surface area contributed by atoms with Crippen LogP contribution in [-0.4, -0.2) is 35.0 Å². The largest absolute Gasteiger partial charge is 0.417 e. The van der Waals surface area contributed by atoms with Crippen molar-refractivity contribution in [3.05, 3.63) is 0 Å². The monoisotopic (exact) mass is 320 g/mol. The highest BCUT2D eigenvalue weighted by molar-refractivity contribution is 6.63. The molecule has 1 N–H and O–H groups in total. The minimum atomic E-state index is -1.09. The lowest BCUT2D eigenvalue weighted by Gasteiger charge is -2.38. The molecule has 8 heteroatoms. The lowest BCUT2D eigenvalue weighted by molar-refractivity contribution is -0.237. The van der Waals surface area contributed by atoms with Crippen LogP contribution < -0.4 is 5.43 Å². The predicted molar refractivity (Wildman–Crippen MR) is 82.9 cm³/mol. The number of amidine groups is 1. The average molecular weight is 320 g/mol. The summed E-state index contributed by atoms with van der Waals surface area (Å²) in [5.74, 6) is -1.83. The topological polar surface area (TPSA) is 102 Å². The Hall–Kier alpha value is -2.25. The molecule has 0 amide bonds. The van der Waals surface area contributed by atoms with E-state index in [0.717, 1.165) is 25.0 Å². The minimum Gasteiger partial charge on any atom is -0.417 e. The summed E-state index contributed by atoms with van der Waals surface area (Å²) >= 11 is 0. The molecule has 0 aromatic carbocycles. The van der Waals surface area contributed by atoms with Crippen LogP contribution in [0, 0.1) is 5.92 Å². The molecule has 0 atom stereocenters. The average Bonchev–Trinajstić information content (AvgIpc) is 2.96. The van der Waals surface area contributed by atoms with Crippen molar-refractivity contribution in [1.29, 1.82) is 0 Å². The van der Waals surface area contributed by atoms with Crippen molar-refractivity contribution in [1.82, 2.24) is 5.43 Å². The number of nitrogens with zero attached hydrogens (tertiary/aromatic N) is 3. The number of hydrazone groups is 1. The highest BCUT2D eigenvalue weighted by Gasteiger charge is 2.47. The predicted octanol–water partition coefficient (Wildman–Crippen LogP) is 1.51. The van der Waals surface area contributed by atoms with Gasteiger partial charge in [-0.2, -0.15) is 10.2 Å². The van der Waals surface area contributed by atoms with Crippen molar-refractivity contribution >= 4 is 29.2 Å². The van der Waals surface area contributed by atoms with Gasteiger partial charge in [-0.3, -0.25) is 5.43 Å². The van der Waals surface area contributed by atoms with E-state index in [9.17, 15) is 9.59 Å². The van der Waals surface area contributed by atoms with Crippen molar-refractivity contribution in [2.45, 2.75) is 58.2 Å². The zero-order valence-electron chi connectivity index (χ0n) is 13.3. The van der Waals surface area contributed by atoms with Crippen molar-refractivity contribution in [3.63, 3.8) is 0 Å². The lowest BCUT2D eigenvalue weighted by Crippen LogP contribution is -2.51. The molecular formula is C15H20N4O4. The van der Waals surface area contributed by atoms with E-state index < -0.39 is 17.7 Å². The van der Waals surface area contributed by atoms with Crippen LogP contribution in [-0.2, 0) is 19.1 Å². The van der Waals surface area contributed by atoms with E-state index in [1.54, 1.807) is 0 Å². The molecule has 1 saturated heterocycles. The second-order valence-corrected chi connectivity index (χ2v) is 6.29. The van der Waals surface area contributed by atoms with Gasteiger partial charge in [0, 0.05) is 19.3 Å². The Morgan fingerprint density at radius 3 is 2.30 bits per heavy atom. The van der Waals surface area contributed by atoms with Crippen LogP contribution in [0.1, 0.15) is 52.4 Å². The second-order valence-electron chi connectivity index (χ2n) is 6.29. The van der Waals surface area contributed by atoms with E-state index in [4.69, 9.17) is 9.47 Å². The third kappa shape index (κ3) is 3.25. The van der Waals surface area contributed by atoms with Crippen LogP contribution in [0.5, 0.6) is 0 Å². The second kappa shape index (κ2) is 6.10. The first-order chi connectivity index (χ1) is 11.0. The molecule has 0 aromatic rings. The van der Waals surface area contributed by atoms with Crippen molar-refractivity contribution in [3.8, 4) is 0 Å². The van der Waals surface area contributed by atoms with Crippen molar-refractivity contribution in [2.75, 3.05) is 0 Å². The number of hydrogen-bond acceptors (Lipinski definition) is 8.